The van der Waals surface area contributed by atoms with Crippen LogP contribution in [0.15, 0.2) is 30.3 Å². The van der Waals surface area contributed by atoms with Crippen molar-refractivity contribution in [3.8, 4) is 5.69 Å². The quantitative estimate of drug-likeness (QED) is 0.779. The third-order valence-electron chi connectivity index (χ3n) is 5.56. The van der Waals surface area contributed by atoms with Crippen molar-refractivity contribution in [1.82, 2.24) is 14.4 Å². The number of likely N-dealkylation sites (N-methyl/N-ethyl adjacent to an activating group) is 1. The number of rotatable bonds is 5. The van der Waals surface area contributed by atoms with Crippen LogP contribution < -0.4 is 0 Å². The van der Waals surface area contributed by atoms with Crippen LogP contribution in [0.4, 0.5) is 0 Å². The number of nitrogens with zero attached hydrogens (tertiary/aromatic N) is 3. The van der Waals surface area contributed by atoms with Crippen LogP contribution in [0, 0.1) is 13.8 Å². The first kappa shape index (κ1) is 21.1. The fraction of sp³-hybridized carbons (Fsp3) is 0.478. The summed E-state index contributed by atoms with van der Waals surface area (Å²) in [4.78, 5) is 28.8. The van der Waals surface area contributed by atoms with Crippen LogP contribution in [0.3, 0.4) is 0 Å². The third kappa shape index (κ3) is 4.53. The van der Waals surface area contributed by atoms with E-state index in [1.165, 1.54) is 10.5 Å². The van der Waals surface area contributed by atoms with E-state index < -0.39 is 0 Å². The monoisotopic (exact) mass is 397 g/mol. The van der Waals surface area contributed by atoms with Gasteiger partial charge in [-0.25, -0.2) is 0 Å². The molecule has 6 heteroatoms. The van der Waals surface area contributed by atoms with Crippen molar-refractivity contribution >= 4 is 11.8 Å². The number of morpholine rings is 1. The molecular formula is C23H31N3O3. The van der Waals surface area contributed by atoms with Crippen molar-refractivity contribution in [3.05, 3.63) is 52.8 Å². The number of benzene rings is 1. The molecule has 0 bridgehead atoms. The number of aryl methyl sites for hydroxylation is 1. The van der Waals surface area contributed by atoms with E-state index in [9.17, 15) is 9.59 Å². The number of hydrogen-bond donors (Lipinski definition) is 0. The average Bonchev–Trinajstić information content (AvgIpc) is 3.02. The molecule has 1 saturated heterocycles. The lowest BCUT2D eigenvalue weighted by atomic mass is 10.0. The molecule has 1 aromatic carbocycles. The fourth-order valence-corrected chi connectivity index (χ4v) is 3.78. The second-order valence-electron chi connectivity index (χ2n) is 8.02. The smallest absolute Gasteiger partial charge is 0.255 e. The Morgan fingerprint density at radius 1 is 1.10 bits per heavy atom. The predicted molar refractivity (Wildman–Crippen MR) is 114 cm³/mol. The number of aromatic nitrogens is 1. The fourth-order valence-electron chi connectivity index (χ4n) is 3.78. The summed E-state index contributed by atoms with van der Waals surface area (Å²) in [5.74, 6) is 0.303. The minimum atomic E-state index is -0.134. The Balaban J connectivity index is 1.77. The van der Waals surface area contributed by atoms with Crippen molar-refractivity contribution in [2.45, 2.75) is 33.6 Å². The van der Waals surface area contributed by atoms with Gasteiger partial charge in [0.05, 0.1) is 25.3 Å². The van der Waals surface area contributed by atoms with Crippen LogP contribution in [-0.2, 0) is 9.53 Å². The van der Waals surface area contributed by atoms with Crippen molar-refractivity contribution in [3.63, 3.8) is 0 Å². The lowest BCUT2D eigenvalue weighted by molar-refractivity contribution is -0.135. The summed E-state index contributed by atoms with van der Waals surface area (Å²) < 4.78 is 7.38. The van der Waals surface area contributed by atoms with Gasteiger partial charge in [0.1, 0.15) is 0 Å². The molecule has 6 nitrogen and oxygen atoms in total. The summed E-state index contributed by atoms with van der Waals surface area (Å²) in [5.41, 5.74) is 4.84. The molecular weight excluding hydrogens is 366 g/mol. The van der Waals surface area contributed by atoms with E-state index >= 15 is 0 Å². The first-order valence-electron chi connectivity index (χ1n) is 10.2. The van der Waals surface area contributed by atoms with Crippen LogP contribution >= 0.6 is 0 Å². The number of amides is 2. The molecule has 0 aliphatic carbocycles. The minimum Gasteiger partial charge on any atom is -0.378 e. The van der Waals surface area contributed by atoms with Crippen LogP contribution in [0.5, 0.6) is 0 Å². The van der Waals surface area contributed by atoms with Gasteiger partial charge in [0.25, 0.3) is 5.91 Å². The maximum atomic E-state index is 13.0. The molecule has 0 spiro atoms. The first-order chi connectivity index (χ1) is 13.8. The second kappa shape index (κ2) is 8.82. The Labute approximate surface area is 173 Å². The normalized spacial score (nSPS) is 14.3. The van der Waals surface area contributed by atoms with E-state index in [1.807, 2.05) is 19.9 Å². The van der Waals surface area contributed by atoms with E-state index in [0.29, 0.717) is 37.8 Å². The van der Waals surface area contributed by atoms with Crippen LogP contribution in [0.25, 0.3) is 5.69 Å². The molecule has 1 fully saturated rings. The van der Waals surface area contributed by atoms with E-state index in [0.717, 1.165) is 17.1 Å². The first-order valence-corrected chi connectivity index (χ1v) is 10.2. The standard InChI is InChI=1S/C23H31N3O3/c1-16(2)19-6-8-20(9-7-19)26-17(3)14-21(18(26)4)23(28)24(5)15-22(27)25-10-12-29-13-11-25/h6-9,14,16H,10-13,15H2,1-5H3. The predicted octanol–water partition coefficient (Wildman–Crippen LogP) is 3.15. The summed E-state index contributed by atoms with van der Waals surface area (Å²) in [5, 5.41) is 0. The van der Waals surface area contributed by atoms with Crippen LogP contribution in [0.1, 0.15) is 47.1 Å². The topological polar surface area (TPSA) is 54.8 Å². The lowest BCUT2D eigenvalue weighted by Gasteiger charge is -2.28. The molecule has 0 atom stereocenters. The molecule has 0 N–H and O–H groups in total. The highest BCUT2D eigenvalue weighted by Gasteiger charge is 2.24. The van der Waals surface area contributed by atoms with Gasteiger partial charge in [0.15, 0.2) is 0 Å². The van der Waals surface area contributed by atoms with E-state index in [2.05, 4.69) is 42.7 Å². The highest BCUT2D eigenvalue weighted by atomic mass is 16.5. The zero-order valence-electron chi connectivity index (χ0n) is 18.1. The van der Waals surface area contributed by atoms with E-state index in [-0.39, 0.29) is 18.4 Å². The van der Waals surface area contributed by atoms with Crippen molar-refractivity contribution in [1.29, 1.82) is 0 Å². The molecule has 0 unspecified atom stereocenters. The Bertz CT molecular complexity index is 878. The van der Waals surface area contributed by atoms with Crippen molar-refractivity contribution in [2.24, 2.45) is 0 Å². The zero-order chi connectivity index (χ0) is 21.1. The van der Waals surface area contributed by atoms with Gasteiger partial charge in [-0.1, -0.05) is 26.0 Å². The highest BCUT2D eigenvalue weighted by molar-refractivity contribution is 5.97. The minimum absolute atomic E-state index is 0.0396. The zero-order valence-corrected chi connectivity index (χ0v) is 18.1. The molecule has 2 heterocycles. The molecule has 2 amide bonds. The summed E-state index contributed by atoms with van der Waals surface area (Å²) >= 11 is 0. The van der Waals surface area contributed by atoms with Crippen molar-refractivity contribution in [2.75, 3.05) is 39.9 Å². The molecule has 0 saturated carbocycles. The van der Waals surface area contributed by atoms with Crippen LogP contribution in [0.2, 0.25) is 0 Å². The average molecular weight is 398 g/mol. The van der Waals surface area contributed by atoms with Gasteiger partial charge < -0.3 is 19.1 Å². The Kier molecular flexibility index (Phi) is 6.42. The van der Waals surface area contributed by atoms with Gasteiger partial charge in [0.2, 0.25) is 5.91 Å². The van der Waals surface area contributed by atoms with Gasteiger partial charge in [-0.3, -0.25) is 9.59 Å². The number of ether oxygens (including phenoxy) is 1. The molecule has 2 aromatic rings. The maximum absolute atomic E-state index is 13.0. The third-order valence-corrected chi connectivity index (χ3v) is 5.56. The highest BCUT2D eigenvalue weighted by Crippen LogP contribution is 2.24. The Morgan fingerprint density at radius 2 is 1.72 bits per heavy atom. The van der Waals surface area contributed by atoms with Crippen LogP contribution in [-0.4, -0.2) is 66.1 Å². The maximum Gasteiger partial charge on any atom is 0.255 e. The summed E-state index contributed by atoms with van der Waals surface area (Å²) in [6, 6.07) is 10.4. The Morgan fingerprint density at radius 3 is 2.31 bits per heavy atom. The SMILES string of the molecule is Cc1cc(C(=O)N(C)CC(=O)N2CCOCC2)c(C)n1-c1ccc(C(C)C)cc1. The molecule has 0 radical (unpaired) electrons. The summed E-state index contributed by atoms with van der Waals surface area (Å²) in [6.45, 7) is 10.7. The number of carbonyl (C=O) groups excluding carboxylic acids is 2. The number of carbonyl (C=O) groups is 2. The van der Waals surface area contributed by atoms with Gasteiger partial charge in [0, 0.05) is 37.2 Å². The molecule has 1 aliphatic rings. The van der Waals surface area contributed by atoms with Gasteiger partial charge in [-0.2, -0.15) is 0 Å². The largest absolute Gasteiger partial charge is 0.378 e. The van der Waals surface area contributed by atoms with Gasteiger partial charge in [-0.05, 0) is 43.5 Å². The summed E-state index contributed by atoms with van der Waals surface area (Å²) in [7, 11) is 1.68. The Hall–Kier alpha value is -2.60. The summed E-state index contributed by atoms with van der Waals surface area (Å²) in [6.07, 6.45) is 0. The van der Waals surface area contributed by atoms with Gasteiger partial charge in [-0.15, -0.1) is 0 Å². The van der Waals surface area contributed by atoms with E-state index in [1.54, 1.807) is 11.9 Å². The lowest BCUT2D eigenvalue weighted by Crippen LogP contribution is -2.46. The molecule has 1 aromatic heterocycles. The van der Waals surface area contributed by atoms with E-state index in [4.69, 9.17) is 4.74 Å². The molecule has 156 valence electrons. The van der Waals surface area contributed by atoms with Gasteiger partial charge >= 0.3 is 0 Å². The van der Waals surface area contributed by atoms with Crippen molar-refractivity contribution < 1.29 is 14.3 Å². The second-order valence-corrected chi connectivity index (χ2v) is 8.02. The molecule has 1 aliphatic heterocycles. The molecule has 3 rings (SSSR count). The number of hydrogen-bond acceptors (Lipinski definition) is 3. The molecule has 29 heavy (non-hydrogen) atoms.